The molecule has 0 unspecified atom stereocenters. The van der Waals surface area contributed by atoms with Crippen molar-refractivity contribution < 1.29 is 9.59 Å². The third-order valence-corrected chi connectivity index (χ3v) is 4.56. The predicted molar refractivity (Wildman–Crippen MR) is 93.4 cm³/mol. The van der Waals surface area contributed by atoms with Gasteiger partial charge >= 0.3 is 0 Å². The van der Waals surface area contributed by atoms with Crippen molar-refractivity contribution >= 4 is 46.0 Å². The fraction of sp³-hybridized carbons (Fsp3) is 0.176. The molecule has 4 rings (SSSR count). The van der Waals surface area contributed by atoms with Gasteiger partial charge in [0.2, 0.25) is 5.91 Å². The Kier molecular flexibility index (Phi) is 3.70. The summed E-state index contributed by atoms with van der Waals surface area (Å²) in [5, 5.41) is 2.87. The standard InChI is InChI=1S/C17H14N4O2S/c22-16-5-2-8-21(16)13-4-1-3-12(10-13)18-17(23)11-6-7-14-15(9-11)20-24-19-14/h1,3-4,6-7,9-10H,2,5,8H2,(H,18,23). The number of benzene rings is 2. The average Bonchev–Trinajstić information content (AvgIpc) is 3.22. The number of carbonyl (C=O) groups excluding carboxylic acids is 2. The van der Waals surface area contributed by atoms with Gasteiger partial charge < -0.3 is 10.2 Å². The van der Waals surface area contributed by atoms with Gasteiger partial charge in [0.15, 0.2) is 0 Å². The SMILES string of the molecule is O=C(Nc1cccc(N2CCCC2=O)c1)c1ccc2nsnc2c1. The van der Waals surface area contributed by atoms with Gasteiger partial charge in [-0.2, -0.15) is 8.75 Å². The number of hydrogen-bond acceptors (Lipinski definition) is 5. The number of fused-ring (bicyclic) bond motifs is 1. The summed E-state index contributed by atoms with van der Waals surface area (Å²) in [4.78, 5) is 26.0. The second-order valence-corrected chi connectivity index (χ2v) is 6.15. The highest BCUT2D eigenvalue weighted by Crippen LogP contribution is 2.24. The van der Waals surface area contributed by atoms with Crippen molar-refractivity contribution in [2.24, 2.45) is 0 Å². The Balaban J connectivity index is 1.56. The number of nitrogens with one attached hydrogen (secondary N) is 1. The van der Waals surface area contributed by atoms with Crippen molar-refractivity contribution in [3.8, 4) is 0 Å². The summed E-state index contributed by atoms with van der Waals surface area (Å²) in [6.07, 6.45) is 1.45. The van der Waals surface area contributed by atoms with Gasteiger partial charge in [-0.3, -0.25) is 9.59 Å². The average molecular weight is 338 g/mol. The number of amides is 2. The molecule has 0 radical (unpaired) electrons. The summed E-state index contributed by atoms with van der Waals surface area (Å²) in [6, 6.07) is 12.6. The minimum atomic E-state index is -0.213. The van der Waals surface area contributed by atoms with Crippen molar-refractivity contribution in [1.29, 1.82) is 0 Å². The van der Waals surface area contributed by atoms with E-state index in [4.69, 9.17) is 0 Å². The Morgan fingerprint density at radius 3 is 2.83 bits per heavy atom. The third-order valence-electron chi connectivity index (χ3n) is 4.01. The van der Waals surface area contributed by atoms with Crippen molar-refractivity contribution in [3.05, 3.63) is 48.0 Å². The van der Waals surface area contributed by atoms with Crippen LogP contribution in [0.5, 0.6) is 0 Å². The number of rotatable bonds is 3. The topological polar surface area (TPSA) is 75.2 Å². The van der Waals surface area contributed by atoms with Gasteiger partial charge in [-0.1, -0.05) is 6.07 Å². The number of carbonyl (C=O) groups is 2. The first-order valence-corrected chi connectivity index (χ1v) is 8.38. The van der Waals surface area contributed by atoms with Gasteiger partial charge in [0.1, 0.15) is 11.0 Å². The summed E-state index contributed by atoms with van der Waals surface area (Å²) < 4.78 is 8.28. The monoisotopic (exact) mass is 338 g/mol. The first kappa shape index (κ1) is 14.8. The number of anilines is 2. The lowest BCUT2D eigenvalue weighted by atomic mass is 10.2. The molecule has 1 aromatic heterocycles. The van der Waals surface area contributed by atoms with Crippen LogP contribution in [-0.2, 0) is 4.79 Å². The number of aromatic nitrogens is 2. The van der Waals surface area contributed by atoms with Crippen LogP contribution in [0.2, 0.25) is 0 Å². The van der Waals surface area contributed by atoms with E-state index in [0.29, 0.717) is 23.2 Å². The maximum absolute atomic E-state index is 12.4. The van der Waals surface area contributed by atoms with Crippen LogP contribution in [0.3, 0.4) is 0 Å². The quantitative estimate of drug-likeness (QED) is 0.796. The molecule has 1 aliphatic rings. The minimum Gasteiger partial charge on any atom is -0.322 e. The van der Waals surface area contributed by atoms with Gasteiger partial charge in [0.25, 0.3) is 5.91 Å². The molecule has 0 aliphatic carbocycles. The third kappa shape index (κ3) is 2.74. The molecule has 6 nitrogen and oxygen atoms in total. The van der Waals surface area contributed by atoms with Crippen LogP contribution in [0.4, 0.5) is 11.4 Å². The van der Waals surface area contributed by atoms with E-state index in [9.17, 15) is 9.59 Å². The molecule has 2 amide bonds. The molecule has 2 aromatic carbocycles. The summed E-state index contributed by atoms with van der Waals surface area (Å²) >= 11 is 1.12. The van der Waals surface area contributed by atoms with Crippen LogP contribution in [0, 0.1) is 0 Å². The van der Waals surface area contributed by atoms with Crippen LogP contribution in [0.15, 0.2) is 42.5 Å². The normalized spacial score (nSPS) is 14.3. The van der Waals surface area contributed by atoms with E-state index in [0.717, 1.165) is 35.9 Å². The molecule has 0 saturated carbocycles. The van der Waals surface area contributed by atoms with E-state index in [-0.39, 0.29) is 11.8 Å². The van der Waals surface area contributed by atoms with Crippen LogP contribution < -0.4 is 10.2 Å². The summed E-state index contributed by atoms with van der Waals surface area (Å²) in [7, 11) is 0. The molecule has 1 aliphatic heterocycles. The Morgan fingerprint density at radius 2 is 2.00 bits per heavy atom. The highest BCUT2D eigenvalue weighted by molar-refractivity contribution is 7.00. The number of hydrogen-bond donors (Lipinski definition) is 1. The Labute approximate surface area is 142 Å². The molecule has 0 spiro atoms. The molecule has 7 heteroatoms. The fourth-order valence-electron chi connectivity index (χ4n) is 2.80. The molecule has 1 saturated heterocycles. The second-order valence-electron chi connectivity index (χ2n) is 5.62. The minimum absolute atomic E-state index is 0.125. The highest BCUT2D eigenvalue weighted by Gasteiger charge is 2.21. The van der Waals surface area contributed by atoms with E-state index in [1.807, 2.05) is 24.3 Å². The Hall–Kier alpha value is -2.80. The molecule has 1 N–H and O–H groups in total. The molecule has 1 fully saturated rings. The van der Waals surface area contributed by atoms with Gasteiger partial charge in [-0.25, -0.2) is 0 Å². The summed E-state index contributed by atoms with van der Waals surface area (Å²) in [5.41, 5.74) is 3.50. The van der Waals surface area contributed by atoms with Crippen LogP contribution >= 0.6 is 11.7 Å². The zero-order valence-electron chi connectivity index (χ0n) is 12.7. The van der Waals surface area contributed by atoms with E-state index in [2.05, 4.69) is 14.1 Å². The van der Waals surface area contributed by atoms with E-state index in [1.54, 1.807) is 23.1 Å². The van der Waals surface area contributed by atoms with Gasteiger partial charge in [-0.05, 0) is 42.8 Å². The molecule has 3 aromatic rings. The van der Waals surface area contributed by atoms with Crippen LogP contribution in [0.1, 0.15) is 23.2 Å². The molecular weight excluding hydrogens is 324 g/mol. The maximum atomic E-state index is 12.4. The highest BCUT2D eigenvalue weighted by atomic mass is 32.1. The summed E-state index contributed by atoms with van der Waals surface area (Å²) in [6.45, 7) is 0.726. The van der Waals surface area contributed by atoms with Crippen LogP contribution in [0.25, 0.3) is 11.0 Å². The Bertz CT molecular complexity index is 937. The lowest BCUT2D eigenvalue weighted by Crippen LogP contribution is -2.23. The lowest BCUT2D eigenvalue weighted by Gasteiger charge is -2.16. The van der Waals surface area contributed by atoms with E-state index >= 15 is 0 Å². The molecule has 0 atom stereocenters. The van der Waals surface area contributed by atoms with E-state index < -0.39 is 0 Å². The fourth-order valence-corrected chi connectivity index (χ4v) is 3.32. The van der Waals surface area contributed by atoms with Crippen molar-refractivity contribution in [2.75, 3.05) is 16.8 Å². The zero-order valence-corrected chi connectivity index (χ0v) is 13.5. The zero-order chi connectivity index (χ0) is 16.5. The maximum Gasteiger partial charge on any atom is 0.255 e. The Morgan fingerprint density at radius 1 is 1.12 bits per heavy atom. The van der Waals surface area contributed by atoms with Gasteiger partial charge in [0.05, 0.1) is 11.7 Å². The largest absolute Gasteiger partial charge is 0.322 e. The molecule has 2 heterocycles. The van der Waals surface area contributed by atoms with Crippen molar-refractivity contribution in [3.63, 3.8) is 0 Å². The smallest absolute Gasteiger partial charge is 0.255 e. The van der Waals surface area contributed by atoms with Gasteiger partial charge in [0, 0.05) is 29.9 Å². The van der Waals surface area contributed by atoms with Crippen molar-refractivity contribution in [1.82, 2.24) is 8.75 Å². The molecule has 120 valence electrons. The molecule has 0 bridgehead atoms. The second kappa shape index (κ2) is 6.01. The first-order valence-electron chi connectivity index (χ1n) is 7.65. The molecular formula is C17H14N4O2S. The van der Waals surface area contributed by atoms with Crippen LogP contribution in [-0.4, -0.2) is 27.1 Å². The van der Waals surface area contributed by atoms with E-state index in [1.165, 1.54) is 0 Å². The summed E-state index contributed by atoms with van der Waals surface area (Å²) in [5.74, 6) is -0.0882. The first-order chi connectivity index (χ1) is 11.7. The molecule has 24 heavy (non-hydrogen) atoms. The lowest BCUT2D eigenvalue weighted by molar-refractivity contribution is -0.117. The predicted octanol–water partition coefficient (Wildman–Crippen LogP) is 3.07. The number of nitrogens with zero attached hydrogens (tertiary/aromatic N) is 3. The van der Waals surface area contributed by atoms with Crippen molar-refractivity contribution in [2.45, 2.75) is 12.8 Å². The van der Waals surface area contributed by atoms with Gasteiger partial charge in [-0.15, -0.1) is 0 Å².